The molecule has 0 aliphatic heterocycles. The van der Waals surface area contributed by atoms with Crippen LogP contribution in [0.5, 0.6) is 5.75 Å². The third-order valence-corrected chi connectivity index (χ3v) is 7.50. The van der Waals surface area contributed by atoms with Crippen LogP contribution in [0.25, 0.3) is 21.9 Å². The van der Waals surface area contributed by atoms with Crippen molar-refractivity contribution in [1.82, 2.24) is 0 Å². The second kappa shape index (κ2) is 8.52. The third kappa shape index (κ3) is 3.64. The van der Waals surface area contributed by atoms with Gasteiger partial charge in [-0.1, -0.05) is 62.4 Å². The van der Waals surface area contributed by atoms with Crippen molar-refractivity contribution in [2.75, 3.05) is 12.0 Å². The number of aromatic carboxylic acids is 1. The second-order valence-corrected chi connectivity index (χ2v) is 9.95. The number of rotatable bonds is 5. The molecule has 182 valence electrons. The molecular weight excluding hydrogens is 458 g/mol. The smallest absolute Gasteiger partial charge is 0.335 e. The molecule has 0 aromatic heterocycles. The average molecular weight is 486 g/mol. The van der Waals surface area contributed by atoms with E-state index in [1.54, 1.807) is 19.2 Å². The van der Waals surface area contributed by atoms with Gasteiger partial charge in [0.25, 0.3) is 0 Å². The predicted octanol–water partition coefficient (Wildman–Crippen LogP) is 8.32. The fourth-order valence-corrected chi connectivity index (χ4v) is 5.55. The van der Waals surface area contributed by atoms with Crippen molar-refractivity contribution < 1.29 is 14.6 Å². The van der Waals surface area contributed by atoms with Gasteiger partial charge in [0.15, 0.2) is 0 Å². The molecule has 1 N–H and O–H groups in total. The van der Waals surface area contributed by atoms with E-state index >= 15 is 0 Å². The highest BCUT2D eigenvalue weighted by Crippen LogP contribution is 2.51. The summed E-state index contributed by atoms with van der Waals surface area (Å²) in [5.41, 5.74) is 7.98. The van der Waals surface area contributed by atoms with Gasteiger partial charge in [-0.15, -0.1) is 0 Å². The molecule has 5 aromatic carbocycles. The van der Waals surface area contributed by atoms with Crippen molar-refractivity contribution in [3.8, 4) is 16.9 Å². The van der Waals surface area contributed by atoms with E-state index in [1.807, 2.05) is 30.3 Å². The normalized spacial score (nSPS) is 13.2. The number of benzene rings is 5. The summed E-state index contributed by atoms with van der Waals surface area (Å²) >= 11 is 0. The lowest BCUT2D eigenvalue weighted by Crippen LogP contribution is -2.17. The number of nitrogens with zero attached hydrogens (tertiary/aromatic N) is 1. The second-order valence-electron chi connectivity index (χ2n) is 9.95. The highest BCUT2D eigenvalue weighted by atomic mass is 16.5. The summed E-state index contributed by atoms with van der Waals surface area (Å²) in [6.07, 6.45) is 0. The van der Waals surface area contributed by atoms with Gasteiger partial charge in [0.1, 0.15) is 5.75 Å². The lowest BCUT2D eigenvalue weighted by Gasteiger charge is -2.29. The van der Waals surface area contributed by atoms with Crippen LogP contribution >= 0.6 is 0 Å². The van der Waals surface area contributed by atoms with Gasteiger partial charge in [-0.2, -0.15) is 0 Å². The predicted molar refractivity (Wildman–Crippen MR) is 150 cm³/mol. The number of methoxy groups -OCH3 is 1. The molecule has 0 radical (unpaired) electrons. The zero-order chi connectivity index (χ0) is 25.7. The summed E-state index contributed by atoms with van der Waals surface area (Å²) in [5, 5.41) is 11.7. The molecule has 0 fully saturated rings. The Morgan fingerprint density at radius 2 is 1.41 bits per heavy atom. The Morgan fingerprint density at radius 1 is 0.757 bits per heavy atom. The van der Waals surface area contributed by atoms with Crippen molar-refractivity contribution in [2.24, 2.45) is 0 Å². The number of hydrogen-bond donors (Lipinski definition) is 1. The number of carboxylic acid groups (broad SMARTS) is 1. The van der Waals surface area contributed by atoms with Crippen LogP contribution in [0.2, 0.25) is 0 Å². The van der Waals surface area contributed by atoms with Crippen LogP contribution < -0.4 is 9.64 Å². The Kier molecular flexibility index (Phi) is 5.27. The molecule has 0 spiro atoms. The number of ether oxygens (including phenoxy) is 1. The minimum Gasteiger partial charge on any atom is -0.497 e. The molecule has 6 rings (SSSR count). The Hall–Kier alpha value is -4.57. The Balaban J connectivity index is 1.56. The van der Waals surface area contributed by atoms with Crippen molar-refractivity contribution in [1.29, 1.82) is 0 Å². The van der Waals surface area contributed by atoms with Crippen LogP contribution in [0.3, 0.4) is 0 Å². The maximum Gasteiger partial charge on any atom is 0.335 e. The molecule has 0 bridgehead atoms. The Bertz CT molecular complexity index is 1660. The summed E-state index contributed by atoms with van der Waals surface area (Å²) in [7, 11) is 1.70. The topological polar surface area (TPSA) is 49.8 Å². The molecule has 37 heavy (non-hydrogen) atoms. The van der Waals surface area contributed by atoms with Crippen molar-refractivity contribution in [3.63, 3.8) is 0 Å². The quantitative estimate of drug-likeness (QED) is 0.272. The standard InChI is InChI=1S/C33H27NO3/c1-33(2)29-19-24(15-17-27(29)28-18-16-25(37-3)20-30(28)33)34(23-13-11-22(12-14-23)32(35)36)31-10-6-8-21-7-4-5-9-26(21)31/h4-20H,1-3H3,(H,35,36). The van der Waals surface area contributed by atoms with Crippen LogP contribution in [0, 0.1) is 0 Å². The summed E-state index contributed by atoms with van der Waals surface area (Å²) in [6, 6.07) is 34.6. The van der Waals surface area contributed by atoms with Gasteiger partial charge in [-0.05, 0) is 82.2 Å². The first-order valence-electron chi connectivity index (χ1n) is 12.3. The maximum absolute atomic E-state index is 11.5. The monoisotopic (exact) mass is 485 g/mol. The molecule has 1 aliphatic rings. The molecule has 0 heterocycles. The first kappa shape index (κ1) is 22.9. The van der Waals surface area contributed by atoms with Crippen LogP contribution in [0.1, 0.15) is 35.3 Å². The van der Waals surface area contributed by atoms with E-state index in [9.17, 15) is 9.90 Å². The molecule has 5 aromatic rings. The van der Waals surface area contributed by atoms with Gasteiger partial charge in [-0.3, -0.25) is 0 Å². The lowest BCUT2D eigenvalue weighted by atomic mass is 9.82. The van der Waals surface area contributed by atoms with Crippen LogP contribution in [-0.4, -0.2) is 18.2 Å². The summed E-state index contributed by atoms with van der Waals surface area (Å²) in [4.78, 5) is 13.7. The first-order valence-corrected chi connectivity index (χ1v) is 12.3. The van der Waals surface area contributed by atoms with E-state index in [0.717, 1.165) is 33.6 Å². The molecule has 0 amide bonds. The van der Waals surface area contributed by atoms with Gasteiger partial charge >= 0.3 is 5.97 Å². The zero-order valence-corrected chi connectivity index (χ0v) is 21.0. The maximum atomic E-state index is 11.5. The molecule has 4 nitrogen and oxygen atoms in total. The molecule has 0 unspecified atom stereocenters. The van der Waals surface area contributed by atoms with Crippen LogP contribution in [0.15, 0.2) is 103 Å². The van der Waals surface area contributed by atoms with Gasteiger partial charge in [0.05, 0.1) is 18.4 Å². The van der Waals surface area contributed by atoms with E-state index in [-0.39, 0.29) is 11.0 Å². The number of carboxylic acids is 1. The van der Waals surface area contributed by atoms with Crippen molar-refractivity contribution in [3.05, 3.63) is 120 Å². The van der Waals surface area contributed by atoms with Crippen LogP contribution in [0.4, 0.5) is 17.1 Å². The largest absolute Gasteiger partial charge is 0.497 e. The first-order chi connectivity index (χ1) is 17.9. The minimum absolute atomic E-state index is 0.202. The fourth-order valence-electron chi connectivity index (χ4n) is 5.55. The SMILES string of the molecule is COc1ccc2c(c1)C(C)(C)c1cc(N(c3ccc(C(=O)O)cc3)c3cccc4ccccc34)ccc1-2. The van der Waals surface area contributed by atoms with Crippen molar-refractivity contribution >= 4 is 33.8 Å². The average Bonchev–Trinajstić information content (AvgIpc) is 3.15. The van der Waals surface area contributed by atoms with E-state index in [4.69, 9.17) is 4.74 Å². The van der Waals surface area contributed by atoms with Gasteiger partial charge < -0.3 is 14.7 Å². The van der Waals surface area contributed by atoms with Gasteiger partial charge in [-0.25, -0.2) is 4.79 Å². The van der Waals surface area contributed by atoms with E-state index in [1.165, 1.54) is 22.3 Å². The highest BCUT2D eigenvalue weighted by Gasteiger charge is 2.36. The van der Waals surface area contributed by atoms with Crippen molar-refractivity contribution in [2.45, 2.75) is 19.3 Å². The highest BCUT2D eigenvalue weighted by molar-refractivity contribution is 5.99. The number of fused-ring (bicyclic) bond motifs is 4. The lowest BCUT2D eigenvalue weighted by molar-refractivity contribution is 0.0697. The number of anilines is 3. The third-order valence-electron chi connectivity index (χ3n) is 7.50. The van der Waals surface area contributed by atoms with E-state index < -0.39 is 5.97 Å². The zero-order valence-electron chi connectivity index (χ0n) is 21.0. The van der Waals surface area contributed by atoms with E-state index in [2.05, 4.69) is 79.4 Å². The van der Waals surface area contributed by atoms with E-state index in [0.29, 0.717) is 0 Å². The fraction of sp³-hybridized carbons (Fsp3) is 0.121. The minimum atomic E-state index is -0.935. The molecule has 0 saturated heterocycles. The van der Waals surface area contributed by atoms with Gasteiger partial charge in [0, 0.05) is 22.2 Å². The Labute approximate surface area is 216 Å². The summed E-state index contributed by atoms with van der Waals surface area (Å²) < 4.78 is 5.53. The molecule has 0 atom stereocenters. The summed E-state index contributed by atoms with van der Waals surface area (Å²) in [5.74, 6) is -0.0773. The molecule has 0 saturated carbocycles. The molecular formula is C33H27NO3. The molecule has 4 heteroatoms. The number of carbonyl (C=O) groups is 1. The Morgan fingerprint density at radius 3 is 2.14 bits per heavy atom. The molecule has 1 aliphatic carbocycles. The number of hydrogen-bond acceptors (Lipinski definition) is 3. The van der Waals surface area contributed by atoms with Crippen LogP contribution in [-0.2, 0) is 5.41 Å². The summed E-state index contributed by atoms with van der Waals surface area (Å²) in [6.45, 7) is 4.51. The van der Waals surface area contributed by atoms with Gasteiger partial charge in [0.2, 0.25) is 0 Å².